The van der Waals surface area contributed by atoms with Crippen LogP contribution in [0.5, 0.6) is 5.75 Å². The molecule has 0 aliphatic carbocycles. The van der Waals surface area contributed by atoms with E-state index in [1.807, 2.05) is 48.5 Å². The van der Waals surface area contributed by atoms with Crippen molar-refractivity contribution < 1.29 is 9.53 Å². The van der Waals surface area contributed by atoms with Gasteiger partial charge in [0.1, 0.15) is 5.75 Å². The number of amides is 1. The first-order valence-electron chi connectivity index (χ1n) is 8.15. The number of halogens is 1. The normalized spacial score (nSPS) is 19.1. The number of aromatic nitrogens is 1. The molecule has 1 fully saturated rings. The van der Waals surface area contributed by atoms with Crippen LogP contribution in [0.2, 0.25) is 0 Å². The molecule has 0 saturated carbocycles. The third-order valence-electron chi connectivity index (χ3n) is 4.27. The van der Waals surface area contributed by atoms with E-state index in [2.05, 4.69) is 20.9 Å². The van der Waals surface area contributed by atoms with Gasteiger partial charge in [0.2, 0.25) is 0 Å². The summed E-state index contributed by atoms with van der Waals surface area (Å²) in [5, 5.41) is 3.12. The van der Waals surface area contributed by atoms with Gasteiger partial charge in [0.05, 0.1) is 9.48 Å². The van der Waals surface area contributed by atoms with Crippen LogP contribution in [0, 0.1) is 6.92 Å². The number of hydrogen-bond donors (Lipinski definition) is 0. The number of benzene rings is 1. The first kappa shape index (κ1) is 17.4. The maximum absolute atomic E-state index is 12.8. The van der Waals surface area contributed by atoms with Crippen molar-refractivity contribution in [1.82, 2.24) is 9.88 Å². The van der Waals surface area contributed by atoms with Crippen molar-refractivity contribution in [2.75, 3.05) is 13.1 Å². The Morgan fingerprint density at radius 2 is 2.33 bits per heavy atom. The van der Waals surface area contributed by atoms with E-state index in [0.717, 1.165) is 41.0 Å². The fourth-order valence-corrected chi connectivity index (χ4v) is 4.37. The molecule has 2 heterocycles. The van der Waals surface area contributed by atoms with Gasteiger partial charge in [-0.15, -0.1) is 11.3 Å². The van der Waals surface area contributed by atoms with Crippen molar-refractivity contribution in [3.05, 3.63) is 44.8 Å². The van der Waals surface area contributed by atoms with Gasteiger partial charge in [-0.3, -0.25) is 4.79 Å². The number of piperidine rings is 1. The van der Waals surface area contributed by atoms with E-state index in [0.29, 0.717) is 11.7 Å². The zero-order valence-corrected chi connectivity index (χ0v) is 16.3. The average molecular weight is 409 g/mol. The number of thiazole rings is 1. The number of hydrogen-bond acceptors (Lipinski definition) is 4. The molecule has 0 N–H and O–H groups in total. The van der Waals surface area contributed by atoms with Crippen molar-refractivity contribution in [2.45, 2.75) is 38.7 Å². The van der Waals surface area contributed by atoms with Gasteiger partial charge in [-0.2, -0.15) is 0 Å². The highest BCUT2D eigenvalue weighted by molar-refractivity contribution is 9.10. The van der Waals surface area contributed by atoms with E-state index < -0.39 is 6.10 Å². The Balaban J connectivity index is 1.64. The molecule has 0 bridgehead atoms. The summed E-state index contributed by atoms with van der Waals surface area (Å²) < 4.78 is 6.77. The van der Waals surface area contributed by atoms with E-state index >= 15 is 0 Å². The third-order valence-corrected chi connectivity index (χ3v) is 5.83. The van der Waals surface area contributed by atoms with Crippen molar-refractivity contribution in [2.24, 2.45) is 0 Å². The molecule has 3 rings (SSSR count). The maximum Gasteiger partial charge on any atom is 0.263 e. The largest absolute Gasteiger partial charge is 0.480 e. The Kier molecular flexibility index (Phi) is 5.56. The van der Waals surface area contributed by atoms with Gasteiger partial charge in [-0.05, 0) is 60.3 Å². The van der Waals surface area contributed by atoms with E-state index in [4.69, 9.17) is 4.74 Å². The summed E-state index contributed by atoms with van der Waals surface area (Å²) in [6.45, 7) is 5.37. The minimum atomic E-state index is -0.501. The van der Waals surface area contributed by atoms with Crippen LogP contribution in [0.3, 0.4) is 0 Å². The molecule has 6 heteroatoms. The number of carbonyl (C=O) groups excluding carboxylic acids is 1. The number of rotatable bonds is 4. The van der Waals surface area contributed by atoms with Crippen molar-refractivity contribution in [3.63, 3.8) is 0 Å². The third kappa shape index (κ3) is 3.98. The first-order chi connectivity index (χ1) is 11.5. The Morgan fingerprint density at radius 1 is 1.50 bits per heavy atom. The standard InChI is InChI=1S/C18H21BrN2O2S/c1-12-5-6-16(15(19)10-12)23-13(2)18(22)21-8-3-4-14(11-21)17-20-7-9-24-17/h5-7,9-10,13-14H,3-4,8,11H2,1-2H3. The molecular weight excluding hydrogens is 388 g/mol. The Labute approximate surface area is 155 Å². The lowest BCUT2D eigenvalue weighted by molar-refractivity contribution is -0.139. The van der Waals surface area contributed by atoms with Crippen molar-refractivity contribution in [3.8, 4) is 5.75 Å². The molecule has 24 heavy (non-hydrogen) atoms. The van der Waals surface area contributed by atoms with Gasteiger partial charge in [-0.1, -0.05) is 6.07 Å². The molecule has 1 amide bonds. The van der Waals surface area contributed by atoms with E-state index in [1.165, 1.54) is 0 Å². The molecule has 4 nitrogen and oxygen atoms in total. The van der Waals surface area contributed by atoms with Crippen LogP contribution in [-0.4, -0.2) is 35.0 Å². The number of aryl methyl sites for hydroxylation is 1. The summed E-state index contributed by atoms with van der Waals surface area (Å²) >= 11 is 5.17. The molecular formula is C18H21BrN2O2S. The summed E-state index contributed by atoms with van der Waals surface area (Å²) in [6, 6.07) is 5.88. The molecule has 0 radical (unpaired) electrons. The number of ether oxygens (including phenoxy) is 1. The van der Waals surface area contributed by atoms with Gasteiger partial charge < -0.3 is 9.64 Å². The van der Waals surface area contributed by atoms with E-state index in [1.54, 1.807) is 11.3 Å². The van der Waals surface area contributed by atoms with Crippen molar-refractivity contribution >= 4 is 33.2 Å². The Hall–Kier alpha value is -1.40. The van der Waals surface area contributed by atoms with Crippen LogP contribution in [0.1, 0.15) is 36.3 Å². The molecule has 2 aromatic rings. The number of nitrogens with zero attached hydrogens (tertiary/aromatic N) is 2. The smallest absolute Gasteiger partial charge is 0.263 e. The van der Waals surface area contributed by atoms with Gasteiger partial charge in [0.25, 0.3) is 5.91 Å². The Morgan fingerprint density at radius 3 is 3.04 bits per heavy atom. The number of carbonyl (C=O) groups is 1. The van der Waals surface area contributed by atoms with Gasteiger partial charge in [0, 0.05) is 30.6 Å². The lowest BCUT2D eigenvalue weighted by Crippen LogP contribution is -2.45. The zero-order valence-electron chi connectivity index (χ0n) is 13.9. The van der Waals surface area contributed by atoms with Gasteiger partial charge >= 0.3 is 0 Å². The second-order valence-electron chi connectivity index (χ2n) is 6.19. The summed E-state index contributed by atoms with van der Waals surface area (Å²) in [5.74, 6) is 1.10. The summed E-state index contributed by atoms with van der Waals surface area (Å²) in [4.78, 5) is 19.1. The fraction of sp³-hybridized carbons (Fsp3) is 0.444. The van der Waals surface area contributed by atoms with Crippen LogP contribution in [0.25, 0.3) is 0 Å². The van der Waals surface area contributed by atoms with E-state index in [9.17, 15) is 4.79 Å². The van der Waals surface area contributed by atoms with E-state index in [-0.39, 0.29) is 5.91 Å². The van der Waals surface area contributed by atoms with Crippen LogP contribution < -0.4 is 4.74 Å². The highest BCUT2D eigenvalue weighted by Gasteiger charge is 2.29. The molecule has 1 aliphatic rings. The maximum atomic E-state index is 12.8. The molecule has 2 unspecified atom stereocenters. The van der Waals surface area contributed by atoms with Gasteiger partial charge in [0.15, 0.2) is 6.10 Å². The average Bonchev–Trinajstić information content (AvgIpc) is 3.11. The van der Waals surface area contributed by atoms with Crippen LogP contribution >= 0.6 is 27.3 Å². The predicted molar refractivity (Wildman–Crippen MR) is 99.6 cm³/mol. The zero-order chi connectivity index (χ0) is 17.1. The number of likely N-dealkylation sites (tertiary alicyclic amines) is 1. The lowest BCUT2D eigenvalue weighted by atomic mass is 9.98. The minimum Gasteiger partial charge on any atom is -0.480 e. The molecule has 1 aromatic carbocycles. The Bertz CT molecular complexity index is 705. The van der Waals surface area contributed by atoms with Crippen LogP contribution in [-0.2, 0) is 4.79 Å². The highest BCUT2D eigenvalue weighted by atomic mass is 79.9. The summed E-state index contributed by atoms with van der Waals surface area (Å²) in [6.07, 6.45) is 3.44. The molecule has 2 atom stereocenters. The molecule has 0 spiro atoms. The molecule has 1 aromatic heterocycles. The van der Waals surface area contributed by atoms with Crippen LogP contribution in [0.4, 0.5) is 0 Å². The second kappa shape index (κ2) is 7.66. The SMILES string of the molecule is Cc1ccc(OC(C)C(=O)N2CCCC(c3nccs3)C2)c(Br)c1. The topological polar surface area (TPSA) is 42.4 Å². The predicted octanol–water partition coefficient (Wildman–Crippen LogP) is 4.39. The second-order valence-corrected chi connectivity index (χ2v) is 7.97. The highest BCUT2D eigenvalue weighted by Crippen LogP contribution is 2.30. The molecule has 1 saturated heterocycles. The fourth-order valence-electron chi connectivity index (χ4n) is 3.01. The van der Waals surface area contributed by atoms with Crippen LogP contribution in [0.15, 0.2) is 34.2 Å². The lowest BCUT2D eigenvalue weighted by Gasteiger charge is -2.33. The van der Waals surface area contributed by atoms with Gasteiger partial charge in [-0.25, -0.2) is 4.98 Å². The summed E-state index contributed by atoms with van der Waals surface area (Å²) in [7, 11) is 0. The molecule has 128 valence electrons. The summed E-state index contributed by atoms with van der Waals surface area (Å²) in [5.41, 5.74) is 1.15. The first-order valence-corrected chi connectivity index (χ1v) is 9.83. The van der Waals surface area contributed by atoms with Crippen molar-refractivity contribution in [1.29, 1.82) is 0 Å². The monoisotopic (exact) mass is 408 g/mol. The minimum absolute atomic E-state index is 0.0451. The molecule has 1 aliphatic heterocycles. The quantitative estimate of drug-likeness (QED) is 0.753.